The molecule has 0 heterocycles. The number of hydrazine groups is 1. The Morgan fingerprint density at radius 3 is 2.78 bits per heavy atom. The fraction of sp³-hybridized carbons (Fsp3) is 0.462. The topological polar surface area (TPSA) is 58.4 Å². The van der Waals surface area contributed by atoms with Gasteiger partial charge >= 0.3 is 0 Å². The van der Waals surface area contributed by atoms with Crippen molar-refractivity contribution in [2.75, 3.05) is 19.1 Å². The Hall–Kier alpha value is -1.04. The molecule has 1 atom stereocenters. The largest absolute Gasteiger partial charge is 0.299 e. The molecule has 0 aliphatic heterocycles. The second-order valence-corrected chi connectivity index (χ2v) is 5.26. The van der Waals surface area contributed by atoms with E-state index in [1.807, 2.05) is 30.0 Å². The first kappa shape index (κ1) is 15.0. The molecule has 0 aliphatic carbocycles. The number of benzene rings is 1. The van der Waals surface area contributed by atoms with Gasteiger partial charge in [-0.05, 0) is 31.9 Å². The molecule has 0 fully saturated rings. The van der Waals surface area contributed by atoms with Crippen LogP contribution in [0.5, 0.6) is 0 Å². The fourth-order valence-corrected chi connectivity index (χ4v) is 2.49. The van der Waals surface area contributed by atoms with Crippen LogP contribution in [0.1, 0.15) is 22.8 Å². The second kappa shape index (κ2) is 7.41. The van der Waals surface area contributed by atoms with Gasteiger partial charge in [0.25, 0.3) is 5.91 Å². The zero-order chi connectivity index (χ0) is 13.5. The minimum absolute atomic E-state index is 0.239. The third-order valence-electron chi connectivity index (χ3n) is 2.97. The van der Waals surface area contributed by atoms with Crippen molar-refractivity contribution >= 4 is 17.7 Å². The van der Waals surface area contributed by atoms with Crippen LogP contribution in [0, 0.1) is 0 Å². The maximum absolute atomic E-state index is 11.7. The summed E-state index contributed by atoms with van der Waals surface area (Å²) in [7, 11) is 2.07. The number of rotatable bonds is 6. The standard InChI is InChI=1S/C13H21N3OS/c1-10(9-18-3)16(2)8-11-6-4-5-7-12(11)13(17)15-14/h4-7,10H,8-9,14H2,1-3H3,(H,15,17). The van der Waals surface area contributed by atoms with Gasteiger partial charge in [-0.3, -0.25) is 15.1 Å². The van der Waals surface area contributed by atoms with E-state index in [0.717, 1.165) is 17.9 Å². The molecule has 0 aliphatic rings. The third kappa shape index (κ3) is 4.01. The van der Waals surface area contributed by atoms with Crippen LogP contribution in [-0.4, -0.2) is 35.9 Å². The molecule has 1 amide bonds. The number of thioether (sulfide) groups is 1. The van der Waals surface area contributed by atoms with E-state index < -0.39 is 0 Å². The summed E-state index contributed by atoms with van der Waals surface area (Å²) in [6.45, 7) is 2.92. The predicted molar refractivity (Wildman–Crippen MR) is 77.4 cm³/mol. The van der Waals surface area contributed by atoms with Crippen molar-refractivity contribution < 1.29 is 4.79 Å². The van der Waals surface area contributed by atoms with Gasteiger partial charge in [-0.2, -0.15) is 11.8 Å². The summed E-state index contributed by atoms with van der Waals surface area (Å²) in [5.74, 6) is 6.03. The number of nitrogens with two attached hydrogens (primary N) is 1. The number of hydrogen-bond acceptors (Lipinski definition) is 4. The number of nitrogen functional groups attached to an aromatic ring is 1. The highest BCUT2D eigenvalue weighted by atomic mass is 32.2. The first-order valence-corrected chi connectivity index (χ1v) is 7.27. The number of hydrogen-bond donors (Lipinski definition) is 2. The highest BCUT2D eigenvalue weighted by Gasteiger charge is 2.14. The van der Waals surface area contributed by atoms with Crippen molar-refractivity contribution in [3.63, 3.8) is 0 Å². The fourth-order valence-electron chi connectivity index (χ4n) is 1.75. The van der Waals surface area contributed by atoms with Gasteiger partial charge in [0.2, 0.25) is 0 Å². The quantitative estimate of drug-likeness (QED) is 0.465. The number of nitrogens with one attached hydrogen (secondary N) is 1. The molecule has 0 saturated heterocycles. The molecule has 1 aromatic rings. The van der Waals surface area contributed by atoms with Crippen molar-refractivity contribution in [1.29, 1.82) is 0 Å². The van der Waals surface area contributed by atoms with E-state index >= 15 is 0 Å². The molecule has 4 nitrogen and oxygen atoms in total. The van der Waals surface area contributed by atoms with E-state index in [0.29, 0.717) is 11.6 Å². The van der Waals surface area contributed by atoms with Crippen molar-refractivity contribution in [3.8, 4) is 0 Å². The normalized spacial score (nSPS) is 12.5. The Kier molecular flexibility index (Phi) is 6.18. The van der Waals surface area contributed by atoms with Gasteiger partial charge in [-0.25, -0.2) is 5.84 Å². The summed E-state index contributed by atoms with van der Waals surface area (Å²) < 4.78 is 0. The van der Waals surface area contributed by atoms with E-state index in [-0.39, 0.29) is 5.91 Å². The predicted octanol–water partition coefficient (Wildman–Crippen LogP) is 1.47. The summed E-state index contributed by atoms with van der Waals surface area (Å²) in [5.41, 5.74) is 3.83. The van der Waals surface area contributed by atoms with Crippen LogP contribution < -0.4 is 11.3 Å². The number of carbonyl (C=O) groups excluding carboxylic acids is 1. The average molecular weight is 267 g/mol. The van der Waals surface area contributed by atoms with Crippen LogP contribution >= 0.6 is 11.8 Å². The molecular formula is C13H21N3OS. The molecule has 0 spiro atoms. The van der Waals surface area contributed by atoms with Crippen molar-refractivity contribution in [2.24, 2.45) is 5.84 Å². The average Bonchev–Trinajstić information content (AvgIpc) is 2.38. The molecule has 5 heteroatoms. The summed E-state index contributed by atoms with van der Waals surface area (Å²) in [4.78, 5) is 13.9. The van der Waals surface area contributed by atoms with Gasteiger partial charge < -0.3 is 0 Å². The van der Waals surface area contributed by atoms with Crippen LogP contribution in [0.25, 0.3) is 0 Å². The van der Waals surface area contributed by atoms with Crippen molar-refractivity contribution in [1.82, 2.24) is 10.3 Å². The van der Waals surface area contributed by atoms with Gasteiger partial charge in [0, 0.05) is 23.9 Å². The summed E-state index contributed by atoms with van der Waals surface area (Å²) >= 11 is 1.82. The molecular weight excluding hydrogens is 246 g/mol. The minimum atomic E-state index is -0.239. The number of nitrogens with zero attached hydrogens (tertiary/aromatic N) is 1. The molecule has 1 unspecified atom stereocenters. The van der Waals surface area contributed by atoms with Gasteiger partial charge in [0.05, 0.1) is 0 Å². The Balaban J connectivity index is 2.80. The first-order valence-electron chi connectivity index (χ1n) is 5.88. The van der Waals surface area contributed by atoms with E-state index in [9.17, 15) is 4.79 Å². The van der Waals surface area contributed by atoms with Gasteiger partial charge in [0.1, 0.15) is 0 Å². The molecule has 0 aromatic heterocycles. The van der Waals surface area contributed by atoms with E-state index in [4.69, 9.17) is 5.84 Å². The molecule has 0 bridgehead atoms. The van der Waals surface area contributed by atoms with Gasteiger partial charge in [0.15, 0.2) is 0 Å². The van der Waals surface area contributed by atoms with E-state index in [1.54, 1.807) is 6.07 Å². The van der Waals surface area contributed by atoms with Crippen LogP contribution in [0.15, 0.2) is 24.3 Å². The Morgan fingerprint density at radius 2 is 2.17 bits per heavy atom. The monoisotopic (exact) mass is 267 g/mol. The highest BCUT2D eigenvalue weighted by molar-refractivity contribution is 7.98. The van der Waals surface area contributed by atoms with Crippen LogP contribution in [0.4, 0.5) is 0 Å². The molecule has 0 radical (unpaired) electrons. The molecule has 1 aromatic carbocycles. The lowest BCUT2D eigenvalue weighted by Gasteiger charge is -2.24. The van der Waals surface area contributed by atoms with Crippen molar-refractivity contribution in [2.45, 2.75) is 19.5 Å². The molecule has 0 saturated carbocycles. The van der Waals surface area contributed by atoms with E-state index in [1.165, 1.54) is 0 Å². The lowest BCUT2D eigenvalue weighted by Crippen LogP contribution is -2.33. The third-order valence-corrected chi connectivity index (χ3v) is 3.79. The van der Waals surface area contributed by atoms with Crippen molar-refractivity contribution in [3.05, 3.63) is 35.4 Å². The number of amides is 1. The molecule has 100 valence electrons. The number of carbonyl (C=O) groups is 1. The Bertz CT molecular complexity index is 398. The second-order valence-electron chi connectivity index (χ2n) is 4.35. The molecule has 18 heavy (non-hydrogen) atoms. The highest BCUT2D eigenvalue weighted by Crippen LogP contribution is 2.13. The maximum atomic E-state index is 11.7. The van der Waals surface area contributed by atoms with Gasteiger partial charge in [-0.15, -0.1) is 0 Å². The van der Waals surface area contributed by atoms with Crippen LogP contribution in [0.3, 0.4) is 0 Å². The lowest BCUT2D eigenvalue weighted by atomic mass is 10.1. The first-order chi connectivity index (χ1) is 8.60. The molecule has 1 rings (SSSR count). The van der Waals surface area contributed by atoms with Crippen LogP contribution in [-0.2, 0) is 6.54 Å². The van der Waals surface area contributed by atoms with Crippen LogP contribution in [0.2, 0.25) is 0 Å². The SMILES string of the molecule is CSCC(C)N(C)Cc1ccccc1C(=O)NN. The zero-order valence-electron chi connectivity index (χ0n) is 11.1. The maximum Gasteiger partial charge on any atom is 0.265 e. The summed E-state index contributed by atoms with van der Waals surface area (Å²) in [6, 6.07) is 8.01. The zero-order valence-corrected chi connectivity index (χ0v) is 12.0. The van der Waals surface area contributed by atoms with Gasteiger partial charge in [-0.1, -0.05) is 18.2 Å². The minimum Gasteiger partial charge on any atom is -0.299 e. The van der Waals surface area contributed by atoms with E-state index in [2.05, 4.69) is 30.6 Å². The smallest absolute Gasteiger partial charge is 0.265 e. The summed E-state index contributed by atoms with van der Waals surface area (Å²) in [5, 5.41) is 0. The Morgan fingerprint density at radius 1 is 1.50 bits per heavy atom. The molecule has 3 N–H and O–H groups in total. The lowest BCUT2D eigenvalue weighted by molar-refractivity contribution is 0.0951. The summed E-state index contributed by atoms with van der Waals surface area (Å²) in [6.07, 6.45) is 2.10. The Labute approximate surface area is 113 Å².